The zero-order valence-corrected chi connectivity index (χ0v) is 19.2. The highest BCUT2D eigenvalue weighted by molar-refractivity contribution is 7.90. The molecule has 0 radical (unpaired) electrons. The Morgan fingerprint density at radius 2 is 1.77 bits per heavy atom. The lowest BCUT2D eigenvalue weighted by Gasteiger charge is -2.05. The molecule has 0 aliphatic rings. The Morgan fingerprint density at radius 3 is 2.55 bits per heavy atom. The van der Waals surface area contributed by atoms with Gasteiger partial charge >= 0.3 is 0 Å². The third kappa shape index (κ3) is 5.12. The maximum atomic E-state index is 12.4. The highest BCUT2D eigenvalue weighted by Crippen LogP contribution is 2.29. The van der Waals surface area contributed by atoms with E-state index in [4.69, 9.17) is 0 Å². The van der Waals surface area contributed by atoms with Crippen molar-refractivity contribution < 1.29 is 13.2 Å². The average molecular weight is 472 g/mol. The van der Waals surface area contributed by atoms with E-state index in [-0.39, 0.29) is 10.8 Å². The third-order valence-electron chi connectivity index (χ3n) is 4.71. The van der Waals surface area contributed by atoms with Gasteiger partial charge in [0.05, 0.1) is 14.5 Å². The van der Waals surface area contributed by atoms with Crippen molar-refractivity contribution in [3.05, 3.63) is 65.5 Å². The molecule has 2 aromatic heterocycles. The Hall–Kier alpha value is -2.75. The summed E-state index contributed by atoms with van der Waals surface area (Å²) in [5.41, 5.74) is 0.885. The molecule has 4 aromatic rings. The SMILES string of the molecule is CS(=O)(=O)c1ccc(-c2ccc(C(=O)NCCCNc3nsc4ccccc34)s2)cc1. The molecule has 2 N–H and O–H groups in total. The number of anilines is 1. The van der Waals surface area contributed by atoms with Crippen molar-refractivity contribution in [2.45, 2.75) is 11.3 Å². The smallest absolute Gasteiger partial charge is 0.261 e. The molecule has 9 heteroatoms. The van der Waals surface area contributed by atoms with Gasteiger partial charge < -0.3 is 10.6 Å². The van der Waals surface area contributed by atoms with E-state index in [2.05, 4.69) is 15.0 Å². The van der Waals surface area contributed by atoms with E-state index in [9.17, 15) is 13.2 Å². The molecule has 4 rings (SSSR count). The van der Waals surface area contributed by atoms with Crippen LogP contribution in [0.1, 0.15) is 16.1 Å². The number of nitrogens with one attached hydrogen (secondary N) is 2. The van der Waals surface area contributed by atoms with Crippen molar-refractivity contribution in [1.29, 1.82) is 0 Å². The monoisotopic (exact) mass is 471 g/mol. The summed E-state index contributed by atoms with van der Waals surface area (Å²) in [5.74, 6) is 0.778. The molecule has 0 aliphatic carbocycles. The highest BCUT2D eigenvalue weighted by atomic mass is 32.2. The molecule has 0 bridgehead atoms. The van der Waals surface area contributed by atoms with Gasteiger partial charge in [0.15, 0.2) is 9.84 Å². The number of carbonyl (C=O) groups is 1. The van der Waals surface area contributed by atoms with E-state index in [1.54, 1.807) is 30.3 Å². The van der Waals surface area contributed by atoms with Crippen LogP contribution in [0.5, 0.6) is 0 Å². The minimum atomic E-state index is -3.22. The fraction of sp³-hybridized carbons (Fsp3) is 0.182. The van der Waals surface area contributed by atoms with Crippen molar-refractivity contribution in [3.8, 4) is 10.4 Å². The quantitative estimate of drug-likeness (QED) is 0.365. The van der Waals surface area contributed by atoms with Crippen molar-refractivity contribution in [1.82, 2.24) is 9.69 Å². The summed E-state index contributed by atoms with van der Waals surface area (Å²) in [6.07, 6.45) is 1.97. The highest BCUT2D eigenvalue weighted by Gasteiger charge is 2.12. The van der Waals surface area contributed by atoms with Crippen LogP contribution in [-0.2, 0) is 9.84 Å². The fourth-order valence-electron chi connectivity index (χ4n) is 3.08. The van der Waals surface area contributed by atoms with E-state index in [0.29, 0.717) is 11.4 Å². The normalized spacial score (nSPS) is 11.5. The Kier molecular flexibility index (Phi) is 6.35. The van der Waals surface area contributed by atoms with Crippen molar-refractivity contribution >= 4 is 54.5 Å². The molecule has 0 atom stereocenters. The van der Waals surface area contributed by atoms with Gasteiger partial charge in [0.25, 0.3) is 5.91 Å². The zero-order chi connectivity index (χ0) is 21.8. The van der Waals surface area contributed by atoms with Crippen molar-refractivity contribution in [3.63, 3.8) is 0 Å². The number of hydrogen-bond donors (Lipinski definition) is 2. The summed E-state index contributed by atoms with van der Waals surface area (Å²) in [6.45, 7) is 1.28. The number of nitrogens with zero attached hydrogens (tertiary/aromatic N) is 1. The molecule has 0 aliphatic heterocycles. The van der Waals surface area contributed by atoms with Crippen molar-refractivity contribution in [2.75, 3.05) is 24.7 Å². The first-order valence-corrected chi connectivity index (χ1v) is 13.2. The van der Waals surface area contributed by atoms with Gasteiger partial charge in [-0.1, -0.05) is 24.3 Å². The van der Waals surface area contributed by atoms with Gasteiger partial charge in [0, 0.05) is 29.6 Å². The first-order chi connectivity index (χ1) is 14.9. The zero-order valence-electron chi connectivity index (χ0n) is 16.8. The number of amides is 1. The lowest BCUT2D eigenvalue weighted by atomic mass is 10.2. The van der Waals surface area contributed by atoms with E-state index in [1.807, 2.05) is 30.3 Å². The number of carbonyl (C=O) groups excluding carboxylic acids is 1. The Morgan fingerprint density at radius 1 is 1.00 bits per heavy atom. The Balaban J connectivity index is 1.27. The fourth-order valence-corrected chi connectivity index (χ4v) is 5.39. The molecule has 0 spiro atoms. The van der Waals surface area contributed by atoms with Crippen LogP contribution in [0.2, 0.25) is 0 Å². The van der Waals surface area contributed by atoms with Gasteiger partial charge in [-0.25, -0.2) is 8.42 Å². The number of sulfone groups is 1. The molecule has 31 heavy (non-hydrogen) atoms. The maximum Gasteiger partial charge on any atom is 0.261 e. The Bertz CT molecular complexity index is 1310. The van der Waals surface area contributed by atoms with Crippen molar-refractivity contribution in [2.24, 2.45) is 0 Å². The minimum absolute atomic E-state index is 0.108. The number of hydrogen-bond acceptors (Lipinski definition) is 7. The molecule has 0 fully saturated rings. The van der Waals surface area contributed by atoms with E-state index >= 15 is 0 Å². The van der Waals surface area contributed by atoms with Gasteiger partial charge in [-0.15, -0.1) is 11.3 Å². The molecule has 0 saturated carbocycles. The summed E-state index contributed by atoms with van der Waals surface area (Å²) >= 11 is 2.86. The first-order valence-electron chi connectivity index (χ1n) is 9.68. The molecule has 0 saturated heterocycles. The molecular weight excluding hydrogens is 450 g/mol. The summed E-state index contributed by atoms with van der Waals surface area (Å²) in [7, 11) is -3.22. The number of rotatable bonds is 8. The lowest BCUT2D eigenvalue weighted by Crippen LogP contribution is -2.25. The van der Waals surface area contributed by atoms with Crippen LogP contribution in [0, 0.1) is 0 Å². The summed E-state index contributed by atoms with van der Waals surface area (Å²) in [5, 5.41) is 7.39. The van der Waals surface area contributed by atoms with Crippen LogP contribution < -0.4 is 10.6 Å². The molecule has 6 nitrogen and oxygen atoms in total. The standard InChI is InChI=1S/C22H21N3O3S3/c1-31(27,28)16-9-7-15(8-10-16)18-11-12-20(29-18)22(26)24-14-4-13-23-21-17-5-2-3-6-19(17)30-25-21/h2-3,5-12H,4,13-14H2,1H3,(H,23,25)(H,24,26). The molecule has 0 unspecified atom stereocenters. The molecule has 160 valence electrons. The number of aromatic nitrogens is 1. The van der Waals surface area contributed by atoms with Crippen LogP contribution in [0.15, 0.2) is 65.6 Å². The van der Waals surface area contributed by atoms with Gasteiger partial charge in [-0.2, -0.15) is 4.37 Å². The largest absolute Gasteiger partial charge is 0.369 e. The number of benzene rings is 2. The summed E-state index contributed by atoms with van der Waals surface area (Å²) in [4.78, 5) is 14.3. The predicted octanol–water partition coefficient (Wildman–Crippen LogP) is 4.66. The second-order valence-electron chi connectivity index (χ2n) is 7.02. The summed E-state index contributed by atoms with van der Waals surface area (Å²) in [6, 6.07) is 18.5. The topological polar surface area (TPSA) is 88.2 Å². The Labute approximate surface area is 189 Å². The molecule has 1 amide bonds. The minimum Gasteiger partial charge on any atom is -0.369 e. The van der Waals surface area contributed by atoms with Gasteiger partial charge in [-0.05, 0) is 59.9 Å². The third-order valence-corrected chi connectivity index (χ3v) is 7.79. The van der Waals surface area contributed by atoms with E-state index in [0.717, 1.165) is 39.3 Å². The van der Waals surface area contributed by atoms with Crippen LogP contribution in [-0.4, -0.2) is 38.0 Å². The van der Waals surface area contributed by atoms with Gasteiger partial charge in [-0.3, -0.25) is 4.79 Å². The maximum absolute atomic E-state index is 12.4. The molecular formula is C22H21N3O3S3. The van der Waals surface area contributed by atoms with E-state index in [1.165, 1.54) is 29.1 Å². The van der Waals surface area contributed by atoms with Crippen LogP contribution in [0.3, 0.4) is 0 Å². The first kappa shape index (κ1) is 21.5. The van der Waals surface area contributed by atoms with Crippen LogP contribution in [0.4, 0.5) is 5.82 Å². The number of thiophene rings is 1. The lowest BCUT2D eigenvalue weighted by molar-refractivity contribution is 0.0957. The van der Waals surface area contributed by atoms with Gasteiger partial charge in [0.1, 0.15) is 5.82 Å². The molecule has 2 heterocycles. The van der Waals surface area contributed by atoms with Gasteiger partial charge in [0.2, 0.25) is 0 Å². The number of fused-ring (bicyclic) bond motifs is 1. The van der Waals surface area contributed by atoms with Crippen LogP contribution in [0.25, 0.3) is 20.5 Å². The van der Waals surface area contributed by atoms with E-state index < -0.39 is 9.84 Å². The average Bonchev–Trinajstić information content (AvgIpc) is 3.41. The predicted molar refractivity (Wildman–Crippen MR) is 128 cm³/mol. The molecule has 2 aromatic carbocycles. The van der Waals surface area contributed by atoms with Crippen LogP contribution >= 0.6 is 22.9 Å². The summed E-state index contributed by atoms with van der Waals surface area (Å²) < 4.78 is 28.8. The second-order valence-corrected chi connectivity index (χ2v) is 10.9. The second kappa shape index (κ2) is 9.17.